The fourth-order valence-corrected chi connectivity index (χ4v) is 1.18. The third-order valence-electron chi connectivity index (χ3n) is 1.71. The molecule has 0 amide bonds. The van der Waals surface area contributed by atoms with Gasteiger partial charge in [0.15, 0.2) is 0 Å². The number of nitrogens with one attached hydrogen (secondary N) is 1. The lowest BCUT2D eigenvalue weighted by Gasteiger charge is -2.13. The summed E-state index contributed by atoms with van der Waals surface area (Å²) in [6.45, 7) is 7.55. The second kappa shape index (κ2) is 7.36. The first-order chi connectivity index (χ1) is 6.06. The monoisotopic (exact) mass is 205 g/mol. The Morgan fingerprint density at radius 3 is 2.62 bits per heavy atom. The van der Waals surface area contributed by atoms with Gasteiger partial charge in [0.25, 0.3) is 0 Å². The molecule has 1 unspecified atom stereocenters. The van der Waals surface area contributed by atoms with E-state index in [0.717, 1.165) is 18.5 Å². The minimum Gasteiger partial charge on any atom is -0.392 e. The molecule has 0 aromatic heterocycles. The molecule has 0 heterocycles. The Labute approximate surface area is 86.0 Å². The van der Waals surface area contributed by atoms with Crippen LogP contribution in [0.2, 0.25) is 0 Å². The van der Waals surface area contributed by atoms with E-state index in [-0.39, 0.29) is 6.10 Å². The van der Waals surface area contributed by atoms with Crippen LogP contribution in [0.5, 0.6) is 0 Å². The SMILES string of the molecule is CC(=CCl)CNCC(O)CC(C)C. The zero-order chi connectivity index (χ0) is 10.3. The van der Waals surface area contributed by atoms with Crippen LogP contribution in [0.15, 0.2) is 11.1 Å². The largest absolute Gasteiger partial charge is 0.392 e. The van der Waals surface area contributed by atoms with Crippen molar-refractivity contribution >= 4 is 11.6 Å². The molecule has 78 valence electrons. The Morgan fingerprint density at radius 1 is 1.54 bits per heavy atom. The molecule has 0 saturated carbocycles. The lowest BCUT2D eigenvalue weighted by atomic mass is 10.1. The van der Waals surface area contributed by atoms with Gasteiger partial charge in [0, 0.05) is 18.6 Å². The van der Waals surface area contributed by atoms with Crippen molar-refractivity contribution < 1.29 is 5.11 Å². The highest BCUT2D eigenvalue weighted by Crippen LogP contribution is 2.03. The molecule has 2 N–H and O–H groups in total. The number of aliphatic hydroxyl groups excluding tert-OH is 1. The predicted molar refractivity (Wildman–Crippen MR) is 57.9 cm³/mol. The zero-order valence-electron chi connectivity index (χ0n) is 8.68. The van der Waals surface area contributed by atoms with Crippen LogP contribution < -0.4 is 5.32 Å². The molecule has 0 saturated heterocycles. The second-order valence-electron chi connectivity index (χ2n) is 3.87. The standard InChI is InChI=1S/C10H20ClNO/c1-8(2)4-10(13)7-12-6-9(3)5-11/h5,8,10,12-13H,4,6-7H2,1-3H3. The van der Waals surface area contributed by atoms with Gasteiger partial charge in [-0.3, -0.25) is 0 Å². The third-order valence-corrected chi connectivity index (χ3v) is 2.09. The van der Waals surface area contributed by atoms with Crippen molar-refractivity contribution in [1.29, 1.82) is 0 Å². The topological polar surface area (TPSA) is 32.3 Å². The molecule has 0 spiro atoms. The van der Waals surface area contributed by atoms with Crippen LogP contribution in [0, 0.1) is 5.92 Å². The van der Waals surface area contributed by atoms with Crippen LogP contribution in [-0.2, 0) is 0 Å². The Morgan fingerprint density at radius 2 is 2.15 bits per heavy atom. The van der Waals surface area contributed by atoms with Gasteiger partial charge in [-0.2, -0.15) is 0 Å². The molecule has 0 bridgehead atoms. The molecule has 0 aromatic rings. The van der Waals surface area contributed by atoms with Crippen molar-refractivity contribution in [3.05, 3.63) is 11.1 Å². The van der Waals surface area contributed by atoms with E-state index in [0.29, 0.717) is 12.5 Å². The number of aliphatic hydroxyl groups is 1. The molecule has 0 aliphatic heterocycles. The number of halogens is 1. The van der Waals surface area contributed by atoms with Crippen molar-refractivity contribution in [3.63, 3.8) is 0 Å². The summed E-state index contributed by atoms with van der Waals surface area (Å²) in [6.07, 6.45) is 0.597. The normalized spacial score (nSPS) is 15.1. The maximum Gasteiger partial charge on any atom is 0.0667 e. The molecule has 1 atom stereocenters. The van der Waals surface area contributed by atoms with E-state index in [9.17, 15) is 5.11 Å². The average molecular weight is 206 g/mol. The fourth-order valence-electron chi connectivity index (χ4n) is 1.10. The first-order valence-electron chi connectivity index (χ1n) is 4.71. The number of rotatable bonds is 6. The summed E-state index contributed by atoms with van der Waals surface area (Å²) in [6, 6.07) is 0. The van der Waals surface area contributed by atoms with Gasteiger partial charge in [0.1, 0.15) is 0 Å². The van der Waals surface area contributed by atoms with Gasteiger partial charge in [0.2, 0.25) is 0 Å². The molecule has 0 aliphatic rings. The molecule has 0 fully saturated rings. The van der Waals surface area contributed by atoms with Crippen LogP contribution in [0.4, 0.5) is 0 Å². The summed E-state index contributed by atoms with van der Waals surface area (Å²) >= 11 is 5.49. The van der Waals surface area contributed by atoms with Crippen LogP contribution in [-0.4, -0.2) is 24.3 Å². The number of hydrogen-bond donors (Lipinski definition) is 2. The minimum absolute atomic E-state index is 0.247. The quantitative estimate of drug-likeness (QED) is 0.697. The van der Waals surface area contributed by atoms with Crippen LogP contribution >= 0.6 is 11.6 Å². The highest BCUT2D eigenvalue weighted by atomic mass is 35.5. The highest BCUT2D eigenvalue weighted by molar-refractivity contribution is 6.25. The molecule has 0 aliphatic carbocycles. The molecule has 0 rings (SSSR count). The summed E-state index contributed by atoms with van der Waals surface area (Å²) in [5.74, 6) is 0.543. The van der Waals surface area contributed by atoms with E-state index in [1.165, 1.54) is 0 Å². The molecule has 0 aromatic carbocycles. The minimum atomic E-state index is -0.247. The van der Waals surface area contributed by atoms with Crippen LogP contribution in [0.25, 0.3) is 0 Å². The Balaban J connectivity index is 3.42. The van der Waals surface area contributed by atoms with E-state index in [2.05, 4.69) is 19.2 Å². The molecular weight excluding hydrogens is 186 g/mol. The van der Waals surface area contributed by atoms with E-state index in [1.54, 1.807) is 5.54 Å². The van der Waals surface area contributed by atoms with Crippen molar-refractivity contribution in [1.82, 2.24) is 5.32 Å². The summed E-state index contributed by atoms with van der Waals surface area (Å²) in [4.78, 5) is 0. The number of hydrogen-bond acceptors (Lipinski definition) is 2. The summed E-state index contributed by atoms with van der Waals surface area (Å²) in [5, 5.41) is 12.6. The molecule has 3 heteroatoms. The smallest absolute Gasteiger partial charge is 0.0667 e. The van der Waals surface area contributed by atoms with Crippen LogP contribution in [0.1, 0.15) is 27.2 Å². The highest BCUT2D eigenvalue weighted by Gasteiger charge is 2.05. The van der Waals surface area contributed by atoms with Crippen LogP contribution in [0.3, 0.4) is 0 Å². The van der Waals surface area contributed by atoms with E-state index >= 15 is 0 Å². The van der Waals surface area contributed by atoms with Gasteiger partial charge in [-0.25, -0.2) is 0 Å². The molecule has 2 nitrogen and oxygen atoms in total. The first-order valence-corrected chi connectivity index (χ1v) is 5.14. The zero-order valence-corrected chi connectivity index (χ0v) is 9.43. The van der Waals surface area contributed by atoms with Gasteiger partial charge in [-0.1, -0.05) is 25.4 Å². The lowest BCUT2D eigenvalue weighted by Crippen LogP contribution is -2.28. The molecule has 0 radical (unpaired) electrons. The molecular formula is C10H20ClNO. The maximum absolute atomic E-state index is 9.49. The summed E-state index contributed by atoms with van der Waals surface area (Å²) in [5.41, 5.74) is 2.64. The van der Waals surface area contributed by atoms with Gasteiger partial charge < -0.3 is 10.4 Å². The van der Waals surface area contributed by atoms with E-state index < -0.39 is 0 Å². The fraction of sp³-hybridized carbons (Fsp3) is 0.800. The summed E-state index contributed by atoms with van der Waals surface area (Å²) in [7, 11) is 0. The van der Waals surface area contributed by atoms with E-state index in [4.69, 9.17) is 11.6 Å². The Kier molecular flexibility index (Phi) is 7.33. The average Bonchev–Trinajstić information content (AvgIpc) is 2.02. The first kappa shape index (κ1) is 12.9. The van der Waals surface area contributed by atoms with Gasteiger partial charge >= 0.3 is 0 Å². The molecule has 13 heavy (non-hydrogen) atoms. The van der Waals surface area contributed by atoms with Crippen molar-refractivity contribution in [3.8, 4) is 0 Å². The van der Waals surface area contributed by atoms with E-state index in [1.807, 2.05) is 6.92 Å². The Bertz CT molecular complexity index is 157. The Hall–Kier alpha value is -0.0500. The van der Waals surface area contributed by atoms with Gasteiger partial charge in [-0.15, -0.1) is 0 Å². The van der Waals surface area contributed by atoms with Crippen molar-refractivity contribution in [2.45, 2.75) is 33.3 Å². The third kappa shape index (κ3) is 8.28. The summed E-state index contributed by atoms with van der Waals surface area (Å²) < 4.78 is 0. The van der Waals surface area contributed by atoms with Crippen molar-refractivity contribution in [2.75, 3.05) is 13.1 Å². The second-order valence-corrected chi connectivity index (χ2v) is 4.09. The van der Waals surface area contributed by atoms with Crippen molar-refractivity contribution in [2.24, 2.45) is 5.92 Å². The van der Waals surface area contributed by atoms with Gasteiger partial charge in [0.05, 0.1) is 6.10 Å². The predicted octanol–water partition coefficient (Wildman–Crippen LogP) is 2.13. The van der Waals surface area contributed by atoms with Gasteiger partial charge in [-0.05, 0) is 24.8 Å². The lowest BCUT2D eigenvalue weighted by molar-refractivity contribution is 0.147. The maximum atomic E-state index is 9.49.